The van der Waals surface area contributed by atoms with Gasteiger partial charge in [0.05, 0.1) is 5.92 Å². The van der Waals surface area contributed by atoms with Gasteiger partial charge in [-0.2, -0.15) is 0 Å². The van der Waals surface area contributed by atoms with Crippen molar-refractivity contribution < 1.29 is 20.1 Å². The molecule has 3 rings (SSSR count). The van der Waals surface area contributed by atoms with Crippen molar-refractivity contribution in [2.24, 2.45) is 5.92 Å². The van der Waals surface area contributed by atoms with E-state index in [1.165, 1.54) is 48.1 Å². The van der Waals surface area contributed by atoms with Crippen molar-refractivity contribution in [1.29, 1.82) is 0 Å². The van der Waals surface area contributed by atoms with Gasteiger partial charge in [0.15, 0.2) is 0 Å². The summed E-state index contributed by atoms with van der Waals surface area (Å²) in [5, 5.41) is 29.4. The molecule has 0 aliphatic carbocycles. The topological polar surface area (TPSA) is 77.8 Å². The Morgan fingerprint density at radius 1 is 0.892 bits per heavy atom. The van der Waals surface area contributed by atoms with Crippen LogP contribution in [0.2, 0.25) is 0 Å². The molecular formula is C32H46O4S. The summed E-state index contributed by atoms with van der Waals surface area (Å²) in [5.41, 5.74) is 2.54. The fourth-order valence-corrected chi connectivity index (χ4v) is 7.27. The van der Waals surface area contributed by atoms with Crippen LogP contribution >= 0.6 is 11.8 Å². The van der Waals surface area contributed by atoms with Gasteiger partial charge in [0.25, 0.3) is 0 Å². The van der Waals surface area contributed by atoms with Gasteiger partial charge in [-0.1, -0.05) is 96.3 Å². The van der Waals surface area contributed by atoms with Gasteiger partial charge in [0, 0.05) is 16.1 Å². The number of carbonyl (C=O) groups is 1. The molecule has 1 aliphatic heterocycles. The van der Waals surface area contributed by atoms with Crippen LogP contribution in [0.25, 0.3) is 0 Å². The number of hydrogen-bond acceptors (Lipinski definition) is 4. The molecule has 0 saturated heterocycles. The molecule has 5 heteroatoms. The number of phenolic OH excluding ortho intramolecular Hbond substituents is 2. The average molecular weight is 527 g/mol. The fourth-order valence-electron chi connectivity index (χ4n) is 5.86. The Kier molecular flexibility index (Phi) is 11.7. The molecule has 0 radical (unpaired) electrons. The summed E-state index contributed by atoms with van der Waals surface area (Å²) in [6.45, 7) is 4.52. The van der Waals surface area contributed by atoms with Gasteiger partial charge in [0.1, 0.15) is 11.5 Å². The van der Waals surface area contributed by atoms with E-state index in [1.54, 1.807) is 12.1 Å². The highest BCUT2D eigenvalue weighted by Crippen LogP contribution is 2.52. The SMILES string of the molecule is CCCCCCC(CCCCCCCC[C@@H]1c2ccc(O)cc2SC[C@]1(C)c1ccc(O)cc1)C(=O)O. The average Bonchev–Trinajstić information content (AvgIpc) is 2.88. The van der Waals surface area contributed by atoms with Gasteiger partial charge in [-0.05, 0) is 60.6 Å². The lowest BCUT2D eigenvalue weighted by Gasteiger charge is -2.43. The van der Waals surface area contributed by atoms with Crippen LogP contribution < -0.4 is 0 Å². The van der Waals surface area contributed by atoms with Crippen LogP contribution in [0.5, 0.6) is 11.5 Å². The molecule has 37 heavy (non-hydrogen) atoms. The predicted octanol–water partition coefficient (Wildman–Crippen LogP) is 9.04. The van der Waals surface area contributed by atoms with Crippen LogP contribution in [0, 0.1) is 5.92 Å². The van der Waals surface area contributed by atoms with E-state index in [0.29, 0.717) is 17.4 Å². The van der Waals surface area contributed by atoms with E-state index in [4.69, 9.17) is 0 Å². The van der Waals surface area contributed by atoms with E-state index in [2.05, 4.69) is 32.0 Å². The molecule has 0 aromatic heterocycles. The lowest BCUT2D eigenvalue weighted by molar-refractivity contribution is -0.142. The van der Waals surface area contributed by atoms with Crippen molar-refractivity contribution >= 4 is 17.7 Å². The fraction of sp³-hybridized carbons (Fsp3) is 0.594. The third kappa shape index (κ3) is 8.43. The van der Waals surface area contributed by atoms with Crippen molar-refractivity contribution in [1.82, 2.24) is 0 Å². The van der Waals surface area contributed by atoms with Gasteiger partial charge in [-0.25, -0.2) is 0 Å². The Balaban J connectivity index is 1.48. The Labute approximate surface area is 227 Å². The number of fused-ring (bicyclic) bond motifs is 1. The van der Waals surface area contributed by atoms with Crippen molar-refractivity contribution in [2.45, 2.75) is 114 Å². The van der Waals surface area contributed by atoms with Crippen LogP contribution in [0.1, 0.15) is 114 Å². The summed E-state index contributed by atoms with van der Waals surface area (Å²) in [4.78, 5) is 12.8. The van der Waals surface area contributed by atoms with Gasteiger partial charge in [-0.15, -0.1) is 11.8 Å². The number of carboxylic acids is 1. The first-order valence-electron chi connectivity index (χ1n) is 14.3. The second kappa shape index (κ2) is 14.7. The highest BCUT2D eigenvalue weighted by molar-refractivity contribution is 7.99. The standard InChI is InChI=1S/C32H46O4S/c1-3-4-5-10-13-24(31(35)36)14-11-8-6-7-9-12-15-29-28-21-20-27(34)22-30(28)37-23-32(29,2)25-16-18-26(33)19-17-25/h16-22,24,29,33-34H,3-15,23H2,1-2H3,(H,35,36)/t24?,29-,32-/m1/s1. The van der Waals surface area contributed by atoms with Crippen LogP contribution in [0.4, 0.5) is 0 Å². The molecule has 0 spiro atoms. The molecule has 3 N–H and O–H groups in total. The maximum Gasteiger partial charge on any atom is 0.306 e. The van der Waals surface area contributed by atoms with Gasteiger partial charge >= 0.3 is 5.97 Å². The first kappa shape index (κ1) is 29.4. The van der Waals surface area contributed by atoms with E-state index >= 15 is 0 Å². The third-order valence-electron chi connectivity index (χ3n) is 8.25. The maximum absolute atomic E-state index is 11.6. The minimum absolute atomic E-state index is 0.0364. The third-order valence-corrected chi connectivity index (χ3v) is 9.66. The molecule has 1 heterocycles. The van der Waals surface area contributed by atoms with Gasteiger partial charge < -0.3 is 15.3 Å². The maximum atomic E-state index is 11.6. The monoisotopic (exact) mass is 526 g/mol. The second-order valence-corrected chi connectivity index (χ2v) is 12.1. The molecule has 2 aromatic rings. The minimum atomic E-state index is -0.618. The van der Waals surface area contributed by atoms with Crippen LogP contribution in [0.15, 0.2) is 47.4 Å². The van der Waals surface area contributed by atoms with E-state index in [-0.39, 0.29) is 11.3 Å². The van der Waals surface area contributed by atoms with E-state index in [0.717, 1.165) is 57.1 Å². The molecule has 0 saturated carbocycles. The zero-order chi connectivity index (χ0) is 26.7. The zero-order valence-electron chi connectivity index (χ0n) is 22.8. The summed E-state index contributed by atoms with van der Waals surface area (Å²) in [6, 6.07) is 13.5. The van der Waals surface area contributed by atoms with Crippen molar-refractivity contribution in [3.05, 3.63) is 53.6 Å². The highest BCUT2D eigenvalue weighted by Gasteiger charge is 2.41. The first-order valence-corrected chi connectivity index (χ1v) is 15.3. The van der Waals surface area contributed by atoms with Gasteiger partial charge in [0.2, 0.25) is 0 Å². The zero-order valence-corrected chi connectivity index (χ0v) is 23.6. The molecule has 1 unspecified atom stereocenters. The summed E-state index contributed by atoms with van der Waals surface area (Å²) in [5.74, 6) is 1.14. The Hall–Kier alpha value is -2.14. The summed E-state index contributed by atoms with van der Waals surface area (Å²) < 4.78 is 0. The Morgan fingerprint density at radius 2 is 1.49 bits per heavy atom. The summed E-state index contributed by atoms with van der Waals surface area (Å²) in [6.07, 6.45) is 14.1. The van der Waals surface area contributed by atoms with Crippen LogP contribution in [-0.4, -0.2) is 27.0 Å². The molecule has 204 valence electrons. The molecular weight excluding hydrogens is 480 g/mol. The largest absolute Gasteiger partial charge is 0.508 e. The number of benzene rings is 2. The number of carboxylic acid groups (broad SMARTS) is 1. The summed E-state index contributed by atoms with van der Waals surface area (Å²) in [7, 11) is 0. The van der Waals surface area contributed by atoms with Crippen LogP contribution in [0.3, 0.4) is 0 Å². The predicted molar refractivity (Wildman–Crippen MR) is 154 cm³/mol. The molecule has 4 nitrogen and oxygen atoms in total. The lowest BCUT2D eigenvalue weighted by Crippen LogP contribution is -2.36. The van der Waals surface area contributed by atoms with Crippen LogP contribution in [-0.2, 0) is 10.2 Å². The number of aliphatic carboxylic acids is 1. The Bertz CT molecular complexity index is 973. The van der Waals surface area contributed by atoms with Crippen molar-refractivity contribution in [2.75, 3.05) is 5.75 Å². The molecule has 2 aromatic carbocycles. The second-order valence-electron chi connectivity index (χ2n) is 11.1. The number of aromatic hydroxyl groups is 2. The molecule has 0 bridgehead atoms. The number of phenols is 2. The van der Waals surface area contributed by atoms with Crippen molar-refractivity contribution in [3.8, 4) is 11.5 Å². The summed E-state index contributed by atoms with van der Waals surface area (Å²) >= 11 is 1.81. The molecule has 0 fully saturated rings. The van der Waals surface area contributed by atoms with E-state index < -0.39 is 5.97 Å². The quantitative estimate of drug-likeness (QED) is 0.190. The molecule has 1 aliphatic rings. The molecule has 3 atom stereocenters. The molecule has 0 amide bonds. The van der Waals surface area contributed by atoms with E-state index in [1.807, 2.05) is 23.9 Å². The smallest absolute Gasteiger partial charge is 0.306 e. The van der Waals surface area contributed by atoms with E-state index in [9.17, 15) is 20.1 Å². The minimum Gasteiger partial charge on any atom is -0.508 e. The lowest BCUT2D eigenvalue weighted by atomic mass is 9.68. The Morgan fingerprint density at radius 3 is 2.14 bits per heavy atom. The number of unbranched alkanes of at least 4 members (excludes halogenated alkanes) is 8. The van der Waals surface area contributed by atoms with Gasteiger partial charge in [-0.3, -0.25) is 4.79 Å². The number of rotatable bonds is 16. The number of hydrogen-bond donors (Lipinski definition) is 3. The highest BCUT2D eigenvalue weighted by atomic mass is 32.2. The first-order chi connectivity index (χ1) is 17.8. The van der Waals surface area contributed by atoms with Crippen molar-refractivity contribution in [3.63, 3.8) is 0 Å². The number of thioether (sulfide) groups is 1. The normalized spacial score (nSPS) is 19.9.